The summed E-state index contributed by atoms with van der Waals surface area (Å²) >= 11 is 0. The first-order valence-electron chi connectivity index (χ1n) is 11.1. The van der Waals surface area contributed by atoms with Gasteiger partial charge in [-0.05, 0) is 36.2 Å². The number of hydrogen-bond acceptors (Lipinski definition) is 1. The highest BCUT2D eigenvalue weighted by Gasteiger charge is 2.49. The van der Waals surface area contributed by atoms with E-state index in [1.807, 2.05) is 6.07 Å². The van der Waals surface area contributed by atoms with Gasteiger partial charge in [-0.15, -0.1) is 13.2 Å². The summed E-state index contributed by atoms with van der Waals surface area (Å²) in [6, 6.07) is 8.93. The zero-order valence-electron chi connectivity index (χ0n) is 17.9. The monoisotopic (exact) mass is 424 g/mol. The summed E-state index contributed by atoms with van der Waals surface area (Å²) in [5.41, 5.74) is -0.637. The van der Waals surface area contributed by atoms with Crippen molar-refractivity contribution in [1.29, 1.82) is 0 Å². The lowest BCUT2D eigenvalue weighted by Crippen LogP contribution is -2.46. The van der Waals surface area contributed by atoms with Gasteiger partial charge in [0.05, 0.1) is 0 Å². The molecule has 1 aromatic rings. The Morgan fingerprint density at radius 3 is 2.33 bits per heavy atom. The van der Waals surface area contributed by atoms with E-state index < -0.39 is 17.8 Å². The van der Waals surface area contributed by atoms with Crippen LogP contribution in [0.15, 0.2) is 48.3 Å². The van der Waals surface area contributed by atoms with Crippen LogP contribution in [-0.4, -0.2) is 12.0 Å². The summed E-state index contributed by atoms with van der Waals surface area (Å²) in [6.45, 7) is 4.42. The summed E-state index contributed by atoms with van der Waals surface area (Å²) in [4.78, 5) is 0. The fourth-order valence-electron chi connectivity index (χ4n) is 4.90. The van der Waals surface area contributed by atoms with Crippen molar-refractivity contribution in [2.45, 2.75) is 77.2 Å². The molecule has 1 nitrogen and oxygen atoms in total. The highest BCUT2D eigenvalue weighted by Crippen LogP contribution is 2.48. The molecule has 2 atom stereocenters. The average Bonchev–Trinajstić information content (AvgIpc) is 2.72. The molecule has 30 heavy (non-hydrogen) atoms. The molecule has 0 radical (unpaired) electrons. The molecule has 3 rings (SSSR count). The maximum Gasteiger partial charge on any atom is 0.523 e. The van der Waals surface area contributed by atoms with Gasteiger partial charge in [0, 0.05) is 12.0 Å². The van der Waals surface area contributed by atoms with Crippen LogP contribution >= 0.6 is 0 Å². The van der Waals surface area contributed by atoms with E-state index in [1.165, 1.54) is 12.2 Å². The summed E-state index contributed by atoms with van der Waals surface area (Å²) < 4.78 is 59.7. The second kappa shape index (κ2) is 9.67. The molecule has 0 bridgehead atoms. The maximum atomic E-state index is 15.1. The van der Waals surface area contributed by atoms with Crippen LogP contribution in [0.3, 0.4) is 0 Å². The van der Waals surface area contributed by atoms with Crippen LogP contribution in [0.2, 0.25) is 0 Å². The zero-order valence-corrected chi connectivity index (χ0v) is 17.9. The van der Waals surface area contributed by atoms with Crippen molar-refractivity contribution in [3.05, 3.63) is 53.9 Å². The molecular weight excluding hydrogens is 392 g/mol. The van der Waals surface area contributed by atoms with Gasteiger partial charge in [0.15, 0.2) is 0 Å². The van der Waals surface area contributed by atoms with Crippen LogP contribution in [-0.2, 0) is 4.74 Å². The highest BCUT2D eigenvalue weighted by molar-refractivity contribution is 5.77. The van der Waals surface area contributed by atoms with Gasteiger partial charge in [0.2, 0.25) is 0 Å². The standard InChI is InChI=1S/C25H32F4O/c1-3-18(2)9-10-19-11-13-21(14-12-19)24(30-25(27,28)29)16-15-22(23(26)17-24)20-7-5-4-6-8-20/h4-8,15-16,18-19,21H,3,9-14,17H2,1-2H3. The van der Waals surface area contributed by atoms with E-state index in [9.17, 15) is 13.2 Å². The predicted octanol–water partition coefficient (Wildman–Crippen LogP) is 8.24. The minimum atomic E-state index is -4.80. The van der Waals surface area contributed by atoms with E-state index in [4.69, 9.17) is 0 Å². The number of alkyl halides is 3. The van der Waals surface area contributed by atoms with E-state index in [0.29, 0.717) is 35.8 Å². The number of halogens is 4. The van der Waals surface area contributed by atoms with Crippen molar-refractivity contribution < 1.29 is 22.3 Å². The first-order chi connectivity index (χ1) is 14.2. The van der Waals surface area contributed by atoms with Crippen LogP contribution in [0.5, 0.6) is 0 Å². The van der Waals surface area contributed by atoms with Gasteiger partial charge in [-0.3, -0.25) is 4.74 Å². The van der Waals surface area contributed by atoms with E-state index in [-0.39, 0.29) is 12.3 Å². The molecule has 2 unspecified atom stereocenters. The number of hydrogen-bond donors (Lipinski definition) is 0. The molecule has 0 N–H and O–H groups in total. The fourth-order valence-corrected chi connectivity index (χ4v) is 4.90. The van der Waals surface area contributed by atoms with Crippen molar-refractivity contribution in [2.75, 3.05) is 0 Å². The minimum absolute atomic E-state index is 0.335. The lowest BCUT2D eigenvalue weighted by Gasteiger charge is -2.43. The molecular formula is C25H32F4O. The third-order valence-corrected chi connectivity index (χ3v) is 6.95. The van der Waals surface area contributed by atoms with Crippen LogP contribution in [0.4, 0.5) is 17.6 Å². The van der Waals surface area contributed by atoms with Gasteiger partial charge >= 0.3 is 6.36 Å². The Morgan fingerprint density at radius 1 is 1.10 bits per heavy atom. The Kier molecular flexibility index (Phi) is 7.43. The molecule has 2 aliphatic rings. The third-order valence-electron chi connectivity index (χ3n) is 6.95. The summed E-state index contributed by atoms with van der Waals surface area (Å²) in [5, 5.41) is 0. The second-order valence-corrected chi connectivity index (χ2v) is 9.01. The molecule has 166 valence electrons. The highest BCUT2D eigenvalue weighted by atomic mass is 19.4. The first kappa shape index (κ1) is 23.1. The van der Waals surface area contributed by atoms with Crippen molar-refractivity contribution in [3.8, 4) is 0 Å². The normalized spacial score (nSPS) is 28.6. The van der Waals surface area contributed by atoms with Gasteiger partial charge in [-0.1, -0.05) is 88.4 Å². The molecule has 2 aliphatic carbocycles. The molecule has 0 amide bonds. The Balaban J connectivity index is 1.74. The van der Waals surface area contributed by atoms with E-state index in [0.717, 1.165) is 32.1 Å². The molecule has 0 heterocycles. The van der Waals surface area contributed by atoms with Gasteiger partial charge in [0.25, 0.3) is 0 Å². The topological polar surface area (TPSA) is 9.23 Å². The molecule has 0 saturated heterocycles. The molecule has 1 fully saturated rings. The Morgan fingerprint density at radius 2 is 1.77 bits per heavy atom. The number of ether oxygens (including phenoxy) is 1. The van der Waals surface area contributed by atoms with Gasteiger partial charge in [-0.25, -0.2) is 4.39 Å². The average molecular weight is 425 g/mol. The number of benzene rings is 1. The van der Waals surface area contributed by atoms with Crippen LogP contribution in [0.1, 0.15) is 70.8 Å². The Hall–Kier alpha value is -1.62. The SMILES string of the molecule is CCC(C)CCC1CCC(C2(OC(F)(F)F)C=CC(c3ccccc3)=C(F)C2)CC1. The first-order valence-corrected chi connectivity index (χ1v) is 11.1. The van der Waals surface area contributed by atoms with Gasteiger partial charge in [-0.2, -0.15) is 0 Å². The molecule has 1 aromatic carbocycles. The summed E-state index contributed by atoms with van der Waals surface area (Å²) in [7, 11) is 0. The largest absolute Gasteiger partial charge is 0.523 e. The molecule has 0 spiro atoms. The van der Waals surface area contributed by atoms with Crippen molar-refractivity contribution in [2.24, 2.45) is 17.8 Å². The van der Waals surface area contributed by atoms with Crippen LogP contribution in [0, 0.1) is 17.8 Å². The summed E-state index contributed by atoms with van der Waals surface area (Å²) in [6.07, 6.45) is 4.26. The maximum absolute atomic E-state index is 15.1. The Bertz CT molecular complexity index is 744. The third kappa shape index (κ3) is 5.75. The second-order valence-electron chi connectivity index (χ2n) is 9.01. The number of rotatable bonds is 7. The minimum Gasteiger partial charge on any atom is -0.280 e. The smallest absolute Gasteiger partial charge is 0.280 e. The van der Waals surface area contributed by atoms with Crippen molar-refractivity contribution in [3.63, 3.8) is 0 Å². The van der Waals surface area contributed by atoms with E-state index in [2.05, 4.69) is 18.6 Å². The lowest BCUT2D eigenvalue weighted by molar-refractivity contribution is -0.367. The van der Waals surface area contributed by atoms with Gasteiger partial charge < -0.3 is 0 Å². The van der Waals surface area contributed by atoms with Crippen LogP contribution < -0.4 is 0 Å². The summed E-state index contributed by atoms with van der Waals surface area (Å²) in [5.74, 6) is 0.357. The lowest BCUT2D eigenvalue weighted by atomic mass is 9.69. The number of allylic oxidation sites excluding steroid dienone is 2. The quantitative estimate of drug-likeness (QED) is 0.401. The molecule has 1 saturated carbocycles. The van der Waals surface area contributed by atoms with Crippen LogP contribution in [0.25, 0.3) is 5.57 Å². The molecule has 0 aliphatic heterocycles. The van der Waals surface area contributed by atoms with Gasteiger partial charge in [0.1, 0.15) is 11.4 Å². The molecule has 0 aromatic heterocycles. The fraction of sp³-hybridized carbons (Fsp3) is 0.600. The van der Waals surface area contributed by atoms with Crippen molar-refractivity contribution >= 4 is 5.57 Å². The van der Waals surface area contributed by atoms with E-state index in [1.54, 1.807) is 24.3 Å². The predicted molar refractivity (Wildman–Crippen MR) is 112 cm³/mol. The Labute approximate surface area is 177 Å². The zero-order chi connectivity index (χ0) is 21.8. The van der Waals surface area contributed by atoms with E-state index >= 15 is 4.39 Å². The van der Waals surface area contributed by atoms with Crippen molar-refractivity contribution in [1.82, 2.24) is 0 Å². The molecule has 5 heteroatoms.